The number of hydrogen-bond acceptors (Lipinski definition) is 3. The predicted octanol–water partition coefficient (Wildman–Crippen LogP) is 0.719. The second-order valence-corrected chi connectivity index (χ2v) is 3.86. The fraction of sp³-hybridized carbons (Fsp3) is 0.364. The summed E-state index contributed by atoms with van der Waals surface area (Å²) in [6, 6.07) is 3.65. The smallest absolute Gasteiger partial charge is 0.326 e. The third-order valence-electron chi connectivity index (χ3n) is 2.68. The van der Waals surface area contributed by atoms with Crippen LogP contribution in [0.1, 0.15) is 16.9 Å². The number of aromatic nitrogens is 1. The van der Waals surface area contributed by atoms with Gasteiger partial charge in [0.1, 0.15) is 17.9 Å². The van der Waals surface area contributed by atoms with Crippen molar-refractivity contribution in [3.05, 3.63) is 30.1 Å². The number of hydrogen-bond donors (Lipinski definition) is 1. The van der Waals surface area contributed by atoms with Gasteiger partial charge in [0.15, 0.2) is 0 Å². The van der Waals surface area contributed by atoms with Gasteiger partial charge in [0, 0.05) is 12.6 Å². The van der Waals surface area contributed by atoms with Crippen LogP contribution in [0.2, 0.25) is 0 Å². The van der Waals surface area contributed by atoms with Gasteiger partial charge in [0.25, 0.3) is 5.91 Å². The lowest BCUT2D eigenvalue weighted by atomic mass is 10.2. The fourth-order valence-corrected chi connectivity index (χ4v) is 1.88. The van der Waals surface area contributed by atoms with Crippen LogP contribution < -0.4 is 0 Å². The number of carboxylic acid groups (broad SMARTS) is 1. The van der Waals surface area contributed by atoms with Crippen molar-refractivity contribution in [1.82, 2.24) is 9.88 Å². The van der Waals surface area contributed by atoms with Crippen LogP contribution in [0.3, 0.4) is 0 Å². The number of carboxylic acids is 1. The first-order valence-corrected chi connectivity index (χ1v) is 5.18. The van der Waals surface area contributed by atoms with Gasteiger partial charge in [-0.3, -0.25) is 9.78 Å². The number of aliphatic carboxylic acids is 1. The molecule has 1 aliphatic heterocycles. The number of likely N-dealkylation sites (tertiary alicyclic amines) is 1. The molecule has 1 saturated heterocycles. The van der Waals surface area contributed by atoms with Gasteiger partial charge >= 0.3 is 5.97 Å². The van der Waals surface area contributed by atoms with E-state index in [0.717, 1.165) is 4.90 Å². The van der Waals surface area contributed by atoms with E-state index in [2.05, 4.69) is 4.98 Å². The van der Waals surface area contributed by atoms with Crippen molar-refractivity contribution < 1.29 is 19.1 Å². The third-order valence-corrected chi connectivity index (χ3v) is 2.68. The van der Waals surface area contributed by atoms with Crippen LogP contribution in [-0.2, 0) is 4.79 Å². The summed E-state index contributed by atoms with van der Waals surface area (Å²) in [7, 11) is 0. The lowest BCUT2D eigenvalue weighted by molar-refractivity contribution is -0.141. The Bertz CT molecular complexity index is 438. The number of nitrogens with zero attached hydrogens (tertiary/aromatic N) is 2. The van der Waals surface area contributed by atoms with Gasteiger partial charge in [-0.15, -0.1) is 0 Å². The van der Waals surface area contributed by atoms with Gasteiger partial charge in [0.2, 0.25) is 0 Å². The minimum atomic E-state index is -1.29. The Balaban J connectivity index is 2.22. The summed E-state index contributed by atoms with van der Waals surface area (Å²) in [4.78, 5) is 27.7. The SMILES string of the molecule is O=C(O)[C@@H]1C[C@@H](F)CN1C(=O)c1ccccn1. The quantitative estimate of drug-likeness (QED) is 0.824. The highest BCUT2D eigenvalue weighted by molar-refractivity contribution is 5.95. The van der Waals surface area contributed by atoms with Gasteiger partial charge in [-0.05, 0) is 12.1 Å². The molecule has 2 atom stereocenters. The van der Waals surface area contributed by atoms with E-state index >= 15 is 0 Å². The molecule has 0 aliphatic carbocycles. The molecule has 1 N–H and O–H groups in total. The van der Waals surface area contributed by atoms with E-state index in [0.29, 0.717) is 0 Å². The summed E-state index contributed by atoms with van der Waals surface area (Å²) >= 11 is 0. The van der Waals surface area contributed by atoms with E-state index in [1.165, 1.54) is 12.3 Å². The minimum absolute atomic E-state index is 0.132. The zero-order chi connectivity index (χ0) is 12.4. The Labute approximate surface area is 96.9 Å². The maximum absolute atomic E-state index is 13.2. The highest BCUT2D eigenvalue weighted by Crippen LogP contribution is 2.22. The largest absolute Gasteiger partial charge is 0.480 e. The van der Waals surface area contributed by atoms with Crippen molar-refractivity contribution in [2.45, 2.75) is 18.6 Å². The predicted molar refractivity (Wildman–Crippen MR) is 56.2 cm³/mol. The van der Waals surface area contributed by atoms with E-state index in [1.54, 1.807) is 12.1 Å². The summed E-state index contributed by atoms with van der Waals surface area (Å²) < 4.78 is 13.2. The van der Waals surface area contributed by atoms with Crippen molar-refractivity contribution in [3.8, 4) is 0 Å². The summed E-state index contributed by atoms with van der Waals surface area (Å²) in [5.41, 5.74) is 0.132. The molecule has 1 aromatic rings. The molecule has 0 radical (unpaired) electrons. The maximum Gasteiger partial charge on any atom is 0.326 e. The average Bonchev–Trinajstić information content (AvgIpc) is 2.72. The van der Waals surface area contributed by atoms with Crippen LogP contribution in [0.15, 0.2) is 24.4 Å². The zero-order valence-corrected chi connectivity index (χ0v) is 8.91. The number of carbonyl (C=O) groups excluding carboxylic acids is 1. The van der Waals surface area contributed by atoms with Crippen molar-refractivity contribution in [3.63, 3.8) is 0 Å². The highest BCUT2D eigenvalue weighted by atomic mass is 19.1. The van der Waals surface area contributed by atoms with Gasteiger partial charge < -0.3 is 10.0 Å². The first kappa shape index (κ1) is 11.5. The Morgan fingerprint density at radius 3 is 2.82 bits per heavy atom. The minimum Gasteiger partial charge on any atom is -0.480 e. The summed E-state index contributed by atoms with van der Waals surface area (Å²) in [6.45, 7) is -0.188. The summed E-state index contributed by atoms with van der Waals surface area (Å²) in [6.07, 6.45) is -0.0105. The molecule has 2 heterocycles. The van der Waals surface area contributed by atoms with Crippen molar-refractivity contribution in [2.75, 3.05) is 6.54 Å². The van der Waals surface area contributed by atoms with Crippen molar-refractivity contribution in [1.29, 1.82) is 0 Å². The molecule has 0 aromatic carbocycles. The molecule has 90 valence electrons. The standard InChI is InChI=1S/C11H11FN2O3/c12-7-5-9(11(16)17)14(6-7)10(15)8-3-1-2-4-13-8/h1-4,7,9H,5-6H2,(H,16,17)/t7-,9+/m1/s1. The second kappa shape index (κ2) is 4.48. The van der Waals surface area contributed by atoms with Crippen LogP contribution in [-0.4, -0.2) is 45.6 Å². The molecule has 1 fully saturated rings. The van der Waals surface area contributed by atoms with Gasteiger partial charge in [0.05, 0.1) is 6.54 Å². The van der Waals surface area contributed by atoms with E-state index in [4.69, 9.17) is 5.11 Å². The number of carbonyl (C=O) groups is 2. The van der Waals surface area contributed by atoms with E-state index < -0.39 is 24.1 Å². The molecule has 2 rings (SSSR count). The summed E-state index contributed by atoms with van der Waals surface area (Å²) in [5.74, 6) is -1.73. The molecule has 0 unspecified atom stereocenters. The monoisotopic (exact) mass is 238 g/mol. The molecule has 0 spiro atoms. The highest BCUT2D eigenvalue weighted by Gasteiger charge is 2.40. The van der Waals surface area contributed by atoms with Crippen LogP contribution >= 0.6 is 0 Å². The number of halogens is 1. The number of pyridine rings is 1. The molecule has 17 heavy (non-hydrogen) atoms. The lowest BCUT2D eigenvalue weighted by Gasteiger charge is -2.20. The molecule has 6 heteroatoms. The Morgan fingerprint density at radius 2 is 2.24 bits per heavy atom. The molecule has 5 nitrogen and oxygen atoms in total. The molecule has 1 aliphatic rings. The van der Waals surface area contributed by atoms with Gasteiger partial charge in [-0.25, -0.2) is 9.18 Å². The van der Waals surface area contributed by atoms with Crippen molar-refractivity contribution in [2.24, 2.45) is 0 Å². The van der Waals surface area contributed by atoms with E-state index in [9.17, 15) is 14.0 Å². The first-order valence-electron chi connectivity index (χ1n) is 5.18. The molecule has 0 bridgehead atoms. The molecule has 1 amide bonds. The van der Waals surface area contributed by atoms with Crippen LogP contribution in [0.25, 0.3) is 0 Å². The van der Waals surface area contributed by atoms with E-state index in [1.807, 2.05) is 0 Å². The van der Waals surface area contributed by atoms with Gasteiger partial charge in [-0.1, -0.05) is 6.07 Å². The normalized spacial score (nSPS) is 23.7. The second-order valence-electron chi connectivity index (χ2n) is 3.86. The molecular weight excluding hydrogens is 227 g/mol. The van der Waals surface area contributed by atoms with Crippen LogP contribution in [0.4, 0.5) is 4.39 Å². The van der Waals surface area contributed by atoms with Crippen LogP contribution in [0.5, 0.6) is 0 Å². The van der Waals surface area contributed by atoms with E-state index in [-0.39, 0.29) is 18.7 Å². The number of rotatable bonds is 2. The Hall–Kier alpha value is -1.98. The summed E-state index contributed by atoms with van der Waals surface area (Å²) in [5, 5.41) is 8.92. The molecule has 0 saturated carbocycles. The van der Waals surface area contributed by atoms with Gasteiger partial charge in [-0.2, -0.15) is 0 Å². The third kappa shape index (κ3) is 2.25. The topological polar surface area (TPSA) is 70.5 Å². The maximum atomic E-state index is 13.2. The zero-order valence-electron chi connectivity index (χ0n) is 8.91. The Kier molecular flexibility index (Phi) is 3.03. The molecular formula is C11H11FN2O3. The van der Waals surface area contributed by atoms with Crippen LogP contribution in [0, 0.1) is 0 Å². The first-order chi connectivity index (χ1) is 8.09. The molecule has 1 aromatic heterocycles. The Morgan fingerprint density at radius 1 is 1.47 bits per heavy atom. The fourth-order valence-electron chi connectivity index (χ4n) is 1.88. The van der Waals surface area contributed by atoms with Crippen molar-refractivity contribution >= 4 is 11.9 Å². The lowest BCUT2D eigenvalue weighted by Crippen LogP contribution is -2.40. The number of amides is 1. The average molecular weight is 238 g/mol. The number of alkyl halides is 1.